The van der Waals surface area contributed by atoms with Crippen molar-refractivity contribution in [2.45, 2.75) is 145 Å². The Hall–Kier alpha value is -4.49. The zero-order valence-corrected chi connectivity index (χ0v) is 56.9. The third kappa shape index (κ3) is 24.7. The minimum atomic E-state index is -4.44. The van der Waals surface area contributed by atoms with E-state index in [1.54, 1.807) is 24.3 Å². The summed E-state index contributed by atoms with van der Waals surface area (Å²) in [6, 6.07) is 30.6. The van der Waals surface area contributed by atoms with E-state index < -0.39 is 11.1 Å². The smallest absolute Gasteiger partial charge is 0.444 e. The Kier molecular flexibility index (Phi) is 30.1. The molecule has 4 aromatic rings. The van der Waals surface area contributed by atoms with Crippen molar-refractivity contribution in [1.82, 2.24) is 24.3 Å². The Morgan fingerprint density at radius 3 is 1.98 bits per heavy atom. The normalized spacial score (nSPS) is 17.8. The summed E-state index contributed by atoms with van der Waals surface area (Å²) in [4.78, 5) is 51.2. The lowest BCUT2D eigenvalue weighted by molar-refractivity contribution is -0.140. The molecule has 3 N–H and O–H groups in total. The third-order valence-electron chi connectivity index (χ3n) is 15.8. The summed E-state index contributed by atoms with van der Waals surface area (Å²) in [5, 5.41) is 0.759. The van der Waals surface area contributed by atoms with Crippen LogP contribution < -0.4 is 15.4 Å². The quantitative estimate of drug-likeness (QED) is 0.0296. The van der Waals surface area contributed by atoms with Crippen molar-refractivity contribution in [1.29, 1.82) is 0 Å². The second-order valence-corrected chi connectivity index (χ2v) is 28.4. The lowest BCUT2D eigenvalue weighted by Crippen LogP contribution is -2.60. The van der Waals surface area contributed by atoms with Crippen LogP contribution in [0.4, 0.5) is 29.3 Å². The molecule has 2 aliphatic carbocycles. The van der Waals surface area contributed by atoms with Crippen molar-refractivity contribution in [3.05, 3.63) is 131 Å². The predicted octanol–water partition coefficient (Wildman–Crippen LogP) is 17.4. The molecular weight excluding hydrogens is 1200 g/mol. The number of hydrogen-bond donors (Lipinski definition) is 2. The molecule has 11 nitrogen and oxygen atoms in total. The Morgan fingerprint density at radius 2 is 1.39 bits per heavy atom. The molecule has 1 saturated carbocycles. The molecule has 87 heavy (non-hydrogen) atoms. The van der Waals surface area contributed by atoms with Gasteiger partial charge in [-0.15, -0.1) is 29.9 Å². The van der Waals surface area contributed by atoms with Gasteiger partial charge in [-0.05, 0) is 205 Å². The van der Waals surface area contributed by atoms with Gasteiger partial charge in [0.1, 0.15) is 5.60 Å². The summed E-state index contributed by atoms with van der Waals surface area (Å²) in [5.41, 5.74) is 7.14. The lowest BCUT2D eigenvalue weighted by Gasteiger charge is -2.53. The zero-order chi connectivity index (χ0) is 63.8. The van der Waals surface area contributed by atoms with Gasteiger partial charge < -0.3 is 25.2 Å². The Balaban J connectivity index is 0.000000289. The number of nitrogens with zero attached hydrogens (tertiary/aromatic N) is 5. The largest absolute Gasteiger partial charge is 0.446 e. The van der Waals surface area contributed by atoms with Gasteiger partial charge in [0.25, 0.3) is 5.91 Å². The zero-order valence-electron chi connectivity index (χ0n) is 52.9. The molecule has 4 fully saturated rings. The molecule has 3 heterocycles. The van der Waals surface area contributed by atoms with Gasteiger partial charge in [-0.2, -0.15) is 13.2 Å². The minimum Gasteiger partial charge on any atom is -0.444 e. The Bertz CT molecular complexity index is 2770. The molecule has 3 aliphatic heterocycles. The number of unbranched alkanes of at least 4 members (excludes halogenated alkanes) is 1. The maximum Gasteiger partial charge on any atom is 0.446 e. The number of benzene rings is 4. The molecule has 3 amide bonds. The number of halogens is 5. The van der Waals surface area contributed by atoms with E-state index in [2.05, 4.69) is 113 Å². The van der Waals surface area contributed by atoms with Crippen LogP contribution in [-0.4, -0.2) is 139 Å². The Morgan fingerprint density at radius 1 is 0.793 bits per heavy atom. The molecule has 5 aliphatic rings. The number of carbonyl (C=O) groups is 3. The molecule has 3 saturated heterocycles. The number of likely N-dealkylation sites (tertiary alicyclic amines) is 1. The fraction of sp³-hybridized carbons (Fsp3) is 0.544. The number of rotatable bonds is 15. The van der Waals surface area contributed by atoms with Gasteiger partial charge in [-0.25, -0.2) is 4.79 Å². The lowest BCUT2D eigenvalue weighted by atomic mass is 9.66. The molecule has 480 valence electrons. The first kappa shape index (κ1) is 73.2. The van der Waals surface area contributed by atoms with E-state index >= 15 is 0 Å². The molecule has 4 aromatic carbocycles. The summed E-state index contributed by atoms with van der Waals surface area (Å²) >= 11 is 13.4. The summed E-state index contributed by atoms with van der Waals surface area (Å²) in [6.45, 7) is 31.0. The molecule has 0 atom stereocenters. The van der Waals surface area contributed by atoms with E-state index in [4.69, 9.17) is 22.1 Å². The highest BCUT2D eigenvalue weighted by molar-refractivity contribution is 8.00. The van der Waals surface area contributed by atoms with Crippen LogP contribution in [0.25, 0.3) is 5.57 Å². The molecule has 0 unspecified atom stereocenters. The average Bonchev–Trinajstić information content (AvgIpc) is 1.27. The molecule has 0 aromatic heterocycles. The van der Waals surface area contributed by atoms with Gasteiger partial charge in [0.05, 0.1) is 0 Å². The topological polar surface area (TPSA) is 115 Å². The van der Waals surface area contributed by atoms with Crippen molar-refractivity contribution < 1.29 is 32.3 Å². The van der Waals surface area contributed by atoms with Gasteiger partial charge in [-0.3, -0.25) is 24.1 Å². The van der Waals surface area contributed by atoms with E-state index in [-0.39, 0.29) is 45.7 Å². The van der Waals surface area contributed by atoms with Gasteiger partial charge in [0.15, 0.2) is 0 Å². The third-order valence-corrected chi connectivity index (χ3v) is 18.7. The monoisotopic (exact) mass is 1300 g/mol. The molecule has 9 rings (SSSR count). The van der Waals surface area contributed by atoms with Gasteiger partial charge in [0, 0.05) is 126 Å². The molecule has 0 bridgehead atoms. The maximum absolute atomic E-state index is 13.2. The highest BCUT2D eigenvalue weighted by Gasteiger charge is 2.49. The number of thioether (sulfide) groups is 2. The van der Waals surface area contributed by atoms with Crippen LogP contribution in [0.15, 0.2) is 130 Å². The van der Waals surface area contributed by atoms with Crippen LogP contribution in [0.2, 0.25) is 5.02 Å². The minimum absolute atomic E-state index is 0.0390. The Labute approximate surface area is 541 Å². The fourth-order valence-corrected chi connectivity index (χ4v) is 13.8. The molecule has 19 heteroatoms. The van der Waals surface area contributed by atoms with Crippen molar-refractivity contribution in [3.8, 4) is 0 Å². The fourth-order valence-electron chi connectivity index (χ4n) is 11.4. The SMILES string of the molecule is C=CC.CC(C)(C)OC(=O)N1CC2(CCC(C(=O)N3CCN(CCCCSc4ccccc4)CC3)CC2)C1.CC1(C)CCC(c2ccc(Cl)cc2)=C(CN2CCN(c3ccc(C(=O)NSc4ccc(N)c(SC(F)(F)F)c4)cc3)CC2)C1.CCC.CCl. The number of alkyl halides is 4. The van der Waals surface area contributed by atoms with Crippen molar-refractivity contribution in [2.75, 3.05) is 101 Å². The van der Waals surface area contributed by atoms with Crippen molar-refractivity contribution >= 4 is 93.5 Å². The number of piperazine rings is 2. The van der Waals surface area contributed by atoms with Crippen LogP contribution in [0, 0.1) is 16.7 Å². The van der Waals surface area contributed by atoms with Crippen LogP contribution >= 0.6 is 58.7 Å². The average molecular weight is 1300 g/mol. The summed E-state index contributed by atoms with van der Waals surface area (Å²) < 4.78 is 46.6. The number of carbonyl (C=O) groups excluding carboxylic acids is 3. The number of amides is 3. The van der Waals surface area contributed by atoms with Crippen LogP contribution in [0.3, 0.4) is 0 Å². The maximum atomic E-state index is 13.2. The predicted molar refractivity (Wildman–Crippen MR) is 362 cm³/mol. The second kappa shape index (κ2) is 35.8. The number of nitrogen functional groups attached to an aromatic ring is 1. The van der Waals surface area contributed by atoms with Crippen molar-refractivity contribution in [2.24, 2.45) is 16.7 Å². The van der Waals surface area contributed by atoms with E-state index in [9.17, 15) is 27.6 Å². The first-order valence-corrected chi connectivity index (χ1v) is 34.4. The summed E-state index contributed by atoms with van der Waals surface area (Å²) in [5.74, 6) is 1.37. The number of hydrogen-bond acceptors (Lipinski definition) is 11. The molecular formula is C68H96Cl2F3N7O4S3. The second-order valence-electron chi connectivity index (χ2n) is 24.8. The van der Waals surface area contributed by atoms with Gasteiger partial charge in [-0.1, -0.05) is 87.7 Å². The first-order valence-electron chi connectivity index (χ1n) is 30.7. The number of ether oxygens (including phenoxy) is 1. The highest BCUT2D eigenvalue weighted by Crippen LogP contribution is 2.47. The number of anilines is 2. The van der Waals surface area contributed by atoms with Crippen LogP contribution in [-0.2, 0) is 9.53 Å². The van der Waals surface area contributed by atoms with Crippen molar-refractivity contribution in [3.63, 3.8) is 0 Å². The first-order chi connectivity index (χ1) is 41.4. The van der Waals surface area contributed by atoms with Gasteiger partial charge in [0.2, 0.25) is 5.91 Å². The number of nitrogens with one attached hydrogen (secondary N) is 1. The standard InChI is InChI=1S/C33H36ClF3N4OS2.C28H43N3O3S.C3H8.C3H6.CH3Cl/c1-32(2)14-13-28(22-3-7-25(34)8-4-22)24(20-32)21-40-15-17-41(18-16-40)26-9-5-23(6-10-26)31(42)39-44-27-11-12-29(38)30(19-27)43-33(35,36)37;1-27(2,3)34-26(33)31-21-28(22-31)13-11-23(12-14-28)25(32)30-18-16-29(17-19-30)15-7-8-20-35-24-9-5-4-6-10-24;2*1-3-2;1-2/h3-12,19H,13-18,20-21,38H2,1-2H3,(H,39,42);4-6,9-10,23H,7-8,11-22H2,1-3H3;3H2,1-2H3;3H,1H2,2H3;1H3. The van der Waals surface area contributed by atoms with E-state index in [1.807, 2.05) is 68.6 Å². The summed E-state index contributed by atoms with van der Waals surface area (Å²) in [7, 11) is 0. The molecule has 0 radical (unpaired) electrons. The van der Waals surface area contributed by atoms with Crippen LogP contribution in [0.5, 0.6) is 0 Å². The van der Waals surface area contributed by atoms with E-state index in [0.717, 1.165) is 140 Å². The van der Waals surface area contributed by atoms with E-state index in [1.165, 1.54) is 71.6 Å². The van der Waals surface area contributed by atoms with E-state index in [0.29, 0.717) is 21.8 Å². The number of allylic oxidation sites excluding steroid dienone is 2. The van der Waals surface area contributed by atoms with Crippen LogP contribution in [0.1, 0.15) is 136 Å². The molecule has 1 spiro atoms. The summed E-state index contributed by atoms with van der Waals surface area (Å²) in [6.07, 6.45) is 14.1. The number of nitrogens with two attached hydrogens (primary N) is 1. The highest BCUT2D eigenvalue weighted by atomic mass is 35.5. The van der Waals surface area contributed by atoms with Gasteiger partial charge >= 0.3 is 11.6 Å².